The molecule has 2 saturated heterocycles. The molecule has 0 radical (unpaired) electrons. The molecule has 106 valence electrons. The van der Waals surface area contributed by atoms with Crippen LogP contribution in [0.1, 0.15) is 45.4 Å². The average Bonchev–Trinajstić information content (AvgIpc) is 2.65. The third-order valence-corrected chi connectivity index (χ3v) is 5.66. The maximum atomic E-state index is 12.1. The molecule has 2 fully saturated rings. The quantitative estimate of drug-likeness (QED) is 0.755. The molecule has 2 aliphatic heterocycles. The maximum Gasteiger partial charge on any atom is 0.279 e. The Labute approximate surface area is 110 Å². The predicted molar refractivity (Wildman–Crippen MR) is 72.6 cm³/mol. The molecule has 0 aromatic carbocycles. The van der Waals surface area contributed by atoms with Crippen molar-refractivity contribution in [2.24, 2.45) is 0 Å². The monoisotopic (exact) mass is 275 g/mol. The number of nitrogens with zero attached hydrogens (tertiary/aromatic N) is 1. The highest BCUT2D eigenvalue weighted by Crippen LogP contribution is 2.27. The standard InChI is InChI=1S/C12H25N3O2S/c1-3-4-7-15(2)18(16,17)14-12-8-10-5-6-11(9-12)13-10/h10-14H,3-9H2,1-2H3. The molecule has 2 aliphatic rings. The van der Waals surface area contributed by atoms with E-state index < -0.39 is 10.2 Å². The molecule has 2 atom stereocenters. The highest BCUT2D eigenvalue weighted by atomic mass is 32.2. The third kappa shape index (κ3) is 3.44. The molecule has 0 amide bonds. The van der Waals surface area contributed by atoms with Crippen molar-refractivity contribution in [3.63, 3.8) is 0 Å². The van der Waals surface area contributed by atoms with Gasteiger partial charge in [0.15, 0.2) is 0 Å². The van der Waals surface area contributed by atoms with Crippen LogP contribution in [0.25, 0.3) is 0 Å². The predicted octanol–water partition coefficient (Wildman–Crippen LogP) is 0.836. The zero-order chi connectivity index (χ0) is 13.2. The van der Waals surface area contributed by atoms with Crippen molar-refractivity contribution in [3.05, 3.63) is 0 Å². The van der Waals surface area contributed by atoms with Crippen LogP contribution in [0.5, 0.6) is 0 Å². The van der Waals surface area contributed by atoms with Crippen LogP contribution in [0.3, 0.4) is 0 Å². The van der Waals surface area contributed by atoms with Gasteiger partial charge < -0.3 is 5.32 Å². The van der Waals surface area contributed by atoms with Gasteiger partial charge in [0, 0.05) is 31.7 Å². The number of unbranched alkanes of at least 4 members (excludes halogenated alkanes) is 1. The van der Waals surface area contributed by atoms with E-state index >= 15 is 0 Å². The van der Waals surface area contributed by atoms with Gasteiger partial charge in [-0.05, 0) is 32.1 Å². The van der Waals surface area contributed by atoms with E-state index in [9.17, 15) is 8.42 Å². The van der Waals surface area contributed by atoms with E-state index in [1.807, 2.05) is 0 Å². The van der Waals surface area contributed by atoms with E-state index in [-0.39, 0.29) is 6.04 Å². The molecule has 2 heterocycles. The molecule has 0 aromatic rings. The van der Waals surface area contributed by atoms with Gasteiger partial charge >= 0.3 is 0 Å². The maximum absolute atomic E-state index is 12.1. The molecule has 0 aliphatic carbocycles. The van der Waals surface area contributed by atoms with Crippen molar-refractivity contribution < 1.29 is 8.42 Å². The Morgan fingerprint density at radius 2 is 1.89 bits per heavy atom. The fourth-order valence-electron chi connectivity index (χ4n) is 2.96. The summed E-state index contributed by atoms with van der Waals surface area (Å²) in [7, 11) is -1.64. The molecule has 0 aromatic heterocycles. The zero-order valence-electron chi connectivity index (χ0n) is 11.4. The van der Waals surface area contributed by atoms with Gasteiger partial charge in [-0.1, -0.05) is 13.3 Å². The first kappa shape index (κ1) is 14.2. The number of fused-ring (bicyclic) bond motifs is 2. The Morgan fingerprint density at radius 3 is 2.44 bits per heavy atom. The summed E-state index contributed by atoms with van der Waals surface area (Å²) in [6, 6.07) is 1.13. The molecule has 2 N–H and O–H groups in total. The molecule has 18 heavy (non-hydrogen) atoms. The smallest absolute Gasteiger partial charge is 0.279 e. The van der Waals surface area contributed by atoms with Crippen molar-refractivity contribution in [2.45, 2.75) is 63.6 Å². The number of rotatable bonds is 6. The Bertz CT molecular complexity index is 360. The van der Waals surface area contributed by atoms with E-state index in [4.69, 9.17) is 0 Å². The van der Waals surface area contributed by atoms with Gasteiger partial charge in [-0.25, -0.2) is 0 Å². The zero-order valence-corrected chi connectivity index (χ0v) is 12.2. The molecule has 5 nitrogen and oxygen atoms in total. The lowest BCUT2D eigenvalue weighted by Crippen LogP contribution is -2.51. The second-order valence-corrected chi connectivity index (χ2v) is 7.41. The van der Waals surface area contributed by atoms with Crippen LogP contribution in [0.2, 0.25) is 0 Å². The summed E-state index contributed by atoms with van der Waals surface area (Å²) in [5.74, 6) is 0. The minimum absolute atomic E-state index is 0.109. The highest BCUT2D eigenvalue weighted by Gasteiger charge is 2.35. The van der Waals surface area contributed by atoms with E-state index in [0.29, 0.717) is 18.6 Å². The first-order valence-corrected chi connectivity index (χ1v) is 8.45. The Kier molecular flexibility index (Phi) is 4.64. The lowest BCUT2D eigenvalue weighted by Gasteiger charge is -2.30. The van der Waals surface area contributed by atoms with Gasteiger partial charge in [-0.15, -0.1) is 0 Å². The van der Waals surface area contributed by atoms with E-state index in [1.54, 1.807) is 7.05 Å². The molecule has 2 bridgehead atoms. The summed E-state index contributed by atoms with van der Waals surface area (Å²) in [5, 5.41) is 3.52. The minimum atomic E-state index is -3.30. The van der Waals surface area contributed by atoms with Crippen molar-refractivity contribution in [1.82, 2.24) is 14.3 Å². The topological polar surface area (TPSA) is 61.4 Å². The summed E-state index contributed by atoms with van der Waals surface area (Å²) in [4.78, 5) is 0. The molecule has 6 heteroatoms. The van der Waals surface area contributed by atoms with Crippen LogP contribution < -0.4 is 10.0 Å². The second-order valence-electron chi connectivity index (χ2n) is 5.60. The Balaban J connectivity index is 1.87. The van der Waals surface area contributed by atoms with Crippen LogP contribution in [0.4, 0.5) is 0 Å². The van der Waals surface area contributed by atoms with Crippen LogP contribution >= 0.6 is 0 Å². The third-order valence-electron chi connectivity index (χ3n) is 4.03. The number of hydrogen-bond donors (Lipinski definition) is 2. The molecule has 2 unspecified atom stereocenters. The molecular formula is C12H25N3O2S. The fourth-order valence-corrected chi connectivity index (χ4v) is 4.12. The molecular weight excluding hydrogens is 250 g/mol. The van der Waals surface area contributed by atoms with Gasteiger partial charge in [0.2, 0.25) is 0 Å². The average molecular weight is 275 g/mol. The first-order valence-electron chi connectivity index (χ1n) is 7.01. The summed E-state index contributed by atoms with van der Waals surface area (Å²) < 4.78 is 28.6. The van der Waals surface area contributed by atoms with Gasteiger partial charge in [0.05, 0.1) is 0 Å². The van der Waals surface area contributed by atoms with Crippen molar-refractivity contribution in [3.8, 4) is 0 Å². The molecule has 0 spiro atoms. The Hall–Kier alpha value is -0.170. The summed E-state index contributed by atoms with van der Waals surface area (Å²) >= 11 is 0. The summed E-state index contributed by atoms with van der Waals surface area (Å²) in [6.07, 6.45) is 6.16. The van der Waals surface area contributed by atoms with Gasteiger partial charge in [-0.3, -0.25) is 0 Å². The fraction of sp³-hybridized carbons (Fsp3) is 1.00. The largest absolute Gasteiger partial charge is 0.311 e. The lowest BCUT2D eigenvalue weighted by molar-refractivity contribution is 0.337. The SMILES string of the molecule is CCCCN(C)S(=O)(=O)NC1CC2CCC(C1)N2. The molecule has 2 rings (SSSR count). The van der Waals surface area contributed by atoms with E-state index in [2.05, 4.69) is 17.0 Å². The number of nitrogens with one attached hydrogen (secondary N) is 2. The second kappa shape index (κ2) is 5.86. The normalized spacial score (nSPS) is 32.1. The molecule has 0 saturated carbocycles. The minimum Gasteiger partial charge on any atom is -0.311 e. The Morgan fingerprint density at radius 1 is 1.28 bits per heavy atom. The van der Waals surface area contributed by atoms with Crippen LogP contribution in [0.15, 0.2) is 0 Å². The van der Waals surface area contributed by atoms with Gasteiger partial charge in [-0.2, -0.15) is 17.4 Å². The van der Waals surface area contributed by atoms with Gasteiger partial charge in [0.1, 0.15) is 0 Å². The van der Waals surface area contributed by atoms with E-state index in [0.717, 1.165) is 25.7 Å². The van der Waals surface area contributed by atoms with Crippen LogP contribution in [0, 0.1) is 0 Å². The number of piperidine rings is 1. The van der Waals surface area contributed by atoms with Crippen molar-refractivity contribution >= 4 is 10.2 Å². The lowest BCUT2D eigenvalue weighted by atomic mass is 10.0. The number of hydrogen-bond acceptors (Lipinski definition) is 3. The van der Waals surface area contributed by atoms with Crippen LogP contribution in [-0.4, -0.2) is 44.4 Å². The summed E-state index contributed by atoms with van der Waals surface area (Å²) in [6.45, 7) is 2.67. The van der Waals surface area contributed by atoms with Gasteiger partial charge in [0.25, 0.3) is 10.2 Å². The van der Waals surface area contributed by atoms with E-state index in [1.165, 1.54) is 17.1 Å². The highest BCUT2D eigenvalue weighted by molar-refractivity contribution is 7.87. The van der Waals surface area contributed by atoms with Crippen LogP contribution in [-0.2, 0) is 10.2 Å². The van der Waals surface area contributed by atoms with Crippen molar-refractivity contribution in [1.29, 1.82) is 0 Å². The first-order chi connectivity index (χ1) is 8.51. The van der Waals surface area contributed by atoms with Crippen molar-refractivity contribution in [2.75, 3.05) is 13.6 Å². The summed E-state index contributed by atoms with van der Waals surface area (Å²) in [5.41, 5.74) is 0.